The number of carboxylic acids is 1. The van der Waals surface area contributed by atoms with Crippen molar-refractivity contribution in [3.8, 4) is 0 Å². The first-order valence-electron chi connectivity index (χ1n) is 5.78. The molecule has 1 heterocycles. The number of oxime groups is 1. The zero-order valence-corrected chi connectivity index (χ0v) is 11.7. The highest BCUT2D eigenvalue weighted by atomic mass is 35.5. The number of nitrogens with zero attached hydrogens (tertiary/aromatic N) is 1. The predicted octanol–water partition coefficient (Wildman–Crippen LogP) is 1.70. The molecular formula is C11H17ClN2O5. The van der Waals surface area contributed by atoms with Crippen molar-refractivity contribution in [3.05, 3.63) is 0 Å². The molecule has 1 aliphatic rings. The Morgan fingerprint density at radius 2 is 2.26 bits per heavy atom. The average molecular weight is 293 g/mol. The highest BCUT2D eigenvalue weighted by Crippen LogP contribution is 2.18. The van der Waals surface area contributed by atoms with Crippen LogP contribution in [-0.2, 0) is 14.4 Å². The maximum Gasteiger partial charge on any atom is 0.408 e. The molecule has 0 saturated heterocycles. The molecule has 0 bridgehead atoms. The van der Waals surface area contributed by atoms with Crippen LogP contribution in [0.15, 0.2) is 5.16 Å². The zero-order valence-electron chi connectivity index (χ0n) is 11.0. The number of amides is 1. The third-order valence-corrected chi connectivity index (χ3v) is 2.41. The fourth-order valence-corrected chi connectivity index (χ4v) is 1.67. The summed E-state index contributed by atoms with van der Waals surface area (Å²) in [5, 5.41) is 15.1. The van der Waals surface area contributed by atoms with Gasteiger partial charge in [-0.3, -0.25) is 0 Å². The van der Waals surface area contributed by atoms with Crippen molar-refractivity contribution in [2.75, 3.05) is 0 Å². The van der Waals surface area contributed by atoms with Gasteiger partial charge in [0.05, 0.1) is 0 Å². The van der Waals surface area contributed by atoms with Gasteiger partial charge in [-0.2, -0.15) is 0 Å². The molecular weight excluding hydrogens is 276 g/mol. The van der Waals surface area contributed by atoms with Gasteiger partial charge in [0.2, 0.25) is 0 Å². The normalized spacial score (nSPS) is 20.2. The maximum absolute atomic E-state index is 11.5. The molecule has 1 aliphatic heterocycles. The highest BCUT2D eigenvalue weighted by Gasteiger charge is 2.30. The van der Waals surface area contributed by atoms with Crippen molar-refractivity contribution in [3.63, 3.8) is 0 Å². The number of aliphatic carboxylic acids is 1. The van der Waals surface area contributed by atoms with E-state index in [9.17, 15) is 9.59 Å². The van der Waals surface area contributed by atoms with Gasteiger partial charge in [0, 0.05) is 12.8 Å². The summed E-state index contributed by atoms with van der Waals surface area (Å²) in [6.45, 7) is 5.07. The van der Waals surface area contributed by atoms with E-state index < -0.39 is 29.8 Å². The molecule has 0 aromatic carbocycles. The van der Waals surface area contributed by atoms with E-state index in [0.29, 0.717) is 6.42 Å². The Morgan fingerprint density at radius 1 is 1.63 bits per heavy atom. The second-order valence-corrected chi connectivity index (χ2v) is 5.61. The number of carbonyl (C=O) groups excluding carboxylic acids is 1. The van der Waals surface area contributed by atoms with E-state index in [1.165, 1.54) is 0 Å². The second kappa shape index (κ2) is 6.10. The molecule has 19 heavy (non-hydrogen) atoms. The van der Waals surface area contributed by atoms with Crippen molar-refractivity contribution < 1.29 is 24.3 Å². The van der Waals surface area contributed by atoms with Crippen LogP contribution >= 0.6 is 11.6 Å². The van der Waals surface area contributed by atoms with E-state index in [2.05, 4.69) is 10.5 Å². The molecule has 0 aliphatic carbocycles. The van der Waals surface area contributed by atoms with Crippen LogP contribution in [-0.4, -0.2) is 40.1 Å². The fraction of sp³-hybridized carbons (Fsp3) is 0.727. The van der Waals surface area contributed by atoms with E-state index in [1.807, 2.05) is 0 Å². The lowest BCUT2D eigenvalue weighted by Crippen LogP contribution is -2.45. The van der Waals surface area contributed by atoms with Gasteiger partial charge in [-0.15, -0.1) is 0 Å². The van der Waals surface area contributed by atoms with Crippen LogP contribution in [0.5, 0.6) is 0 Å². The van der Waals surface area contributed by atoms with E-state index in [4.69, 9.17) is 26.3 Å². The van der Waals surface area contributed by atoms with Gasteiger partial charge in [0.15, 0.2) is 0 Å². The third-order valence-electron chi connectivity index (χ3n) is 2.18. The topological polar surface area (TPSA) is 97.2 Å². The highest BCUT2D eigenvalue weighted by molar-refractivity contribution is 6.65. The smallest absolute Gasteiger partial charge is 0.408 e. The first kappa shape index (κ1) is 15.6. The van der Waals surface area contributed by atoms with Crippen molar-refractivity contribution in [2.45, 2.75) is 51.4 Å². The summed E-state index contributed by atoms with van der Waals surface area (Å²) >= 11 is 5.63. The lowest BCUT2D eigenvalue weighted by atomic mass is 10.1. The van der Waals surface area contributed by atoms with Crippen LogP contribution in [0.25, 0.3) is 0 Å². The van der Waals surface area contributed by atoms with Gasteiger partial charge in [0.1, 0.15) is 22.9 Å². The summed E-state index contributed by atoms with van der Waals surface area (Å²) in [6.07, 6.45) is -0.844. The van der Waals surface area contributed by atoms with E-state index in [1.54, 1.807) is 20.8 Å². The van der Waals surface area contributed by atoms with Crippen LogP contribution in [0, 0.1) is 0 Å². The summed E-state index contributed by atoms with van der Waals surface area (Å²) in [5.41, 5.74) is -0.691. The molecule has 7 nitrogen and oxygen atoms in total. The van der Waals surface area contributed by atoms with Gasteiger partial charge < -0.3 is 20.0 Å². The number of rotatable bonds is 4. The Morgan fingerprint density at radius 3 is 2.68 bits per heavy atom. The SMILES string of the molecule is CC(C)(C)OC(=O)N[C@H](C[C@@H]1CC(Cl)=NO1)C(=O)O. The van der Waals surface area contributed by atoms with E-state index in [-0.39, 0.29) is 11.6 Å². The Bertz CT molecular complexity index is 391. The van der Waals surface area contributed by atoms with Crippen molar-refractivity contribution >= 4 is 28.8 Å². The average Bonchev–Trinajstić information content (AvgIpc) is 2.60. The monoisotopic (exact) mass is 292 g/mol. The molecule has 2 N–H and O–H groups in total. The first-order valence-corrected chi connectivity index (χ1v) is 6.15. The number of carbonyl (C=O) groups is 2. The number of carboxylic acid groups (broad SMARTS) is 1. The Labute approximate surface area is 115 Å². The minimum Gasteiger partial charge on any atom is -0.480 e. The molecule has 0 radical (unpaired) electrons. The largest absolute Gasteiger partial charge is 0.480 e. The summed E-state index contributed by atoms with van der Waals surface area (Å²) in [7, 11) is 0. The summed E-state index contributed by atoms with van der Waals surface area (Å²) in [6, 6.07) is -1.11. The molecule has 0 saturated carbocycles. The maximum atomic E-state index is 11.5. The van der Waals surface area contributed by atoms with Crippen LogP contribution in [0.2, 0.25) is 0 Å². The molecule has 1 rings (SSSR count). The molecule has 0 fully saturated rings. The quantitative estimate of drug-likeness (QED) is 0.822. The number of alkyl carbamates (subject to hydrolysis) is 1. The minimum absolute atomic E-state index is 0.0638. The van der Waals surface area contributed by atoms with Crippen LogP contribution in [0.1, 0.15) is 33.6 Å². The lowest BCUT2D eigenvalue weighted by Gasteiger charge is -2.22. The number of nitrogens with one attached hydrogen (secondary N) is 1. The third kappa shape index (κ3) is 5.78. The van der Waals surface area contributed by atoms with Gasteiger partial charge in [0.25, 0.3) is 0 Å². The standard InChI is InChI=1S/C11H17ClN2O5/c1-11(2,3)18-10(17)13-7(9(15)16)4-6-5-8(12)14-19-6/h6-7H,4-5H2,1-3H3,(H,13,17)(H,15,16)/t6-,7-/m1/s1. The van der Waals surface area contributed by atoms with Gasteiger partial charge in [-0.05, 0) is 20.8 Å². The Balaban J connectivity index is 2.50. The molecule has 0 aromatic heterocycles. The predicted molar refractivity (Wildman–Crippen MR) is 68.2 cm³/mol. The molecule has 0 spiro atoms. The fourth-order valence-electron chi connectivity index (χ4n) is 1.45. The molecule has 2 atom stereocenters. The molecule has 108 valence electrons. The van der Waals surface area contributed by atoms with E-state index in [0.717, 1.165) is 0 Å². The van der Waals surface area contributed by atoms with Crippen LogP contribution in [0.4, 0.5) is 4.79 Å². The van der Waals surface area contributed by atoms with Crippen molar-refractivity contribution in [1.29, 1.82) is 0 Å². The van der Waals surface area contributed by atoms with E-state index >= 15 is 0 Å². The van der Waals surface area contributed by atoms with Crippen molar-refractivity contribution in [2.24, 2.45) is 5.16 Å². The first-order chi connectivity index (χ1) is 8.67. The number of hydrogen-bond donors (Lipinski definition) is 2. The lowest BCUT2D eigenvalue weighted by molar-refractivity contribution is -0.140. The zero-order chi connectivity index (χ0) is 14.6. The number of ether oxygens (including phenoxy) is 1. The molecule has 8 heteroatoms. The van der Waals surface area contributed by atoms with Gasteiger partial charge in [-0.1, -0.05) is 16.8 Å². The minimum atomic E-state index is -1.17. The summed E-state index contributed by atoms with van der Waals surface area (Å²) in [4.78, 5) is 27.5. The number of halogens is 1. The summed E-state index contributed by atoms with van der Waals surface area (Å²) in [5.74, 6) is -1.17. The van der Waals surface area contributed by atoms with Gasteiger partial charge >= 0.3 is 12.1 Å². The second-order valence-electron chi connectivity index (χ2n) is 5.17. The number of hydrogen-bond acceptors (Lipinski definition) is 5. The molecule has 1 amide bonds. The molecule has 0 aromatic rings. The van der Waals surface area contributed by atoms with Gasteiger partial charge in [-0.25, -0.2) is 9.59 Å². The molecule has 0 unspecified atom stereocenters. The van der Waals surface area contributed by atoms with Crippen LogP contribution < -0.4 is 5.32 Å². The van der Waals surface area contributed by atoms with Crippen LogP contribution in [0.3, 0.4) is 0 Å². The van der Waals surface area contributed by atoms with Crippen molar-refractivity contribution in [1.82, 2.24) is 5.32 Å². The Kier molecular flexibility index (Phi) is 4.99. The Hall–Kier alpha value is -1.50. The summed E-state index contributed by atoms with van der Waals surface area (Å²) < 4.78 is 5.00.